The van der Waals surface area contributed by atoms with Gasteiger partial charge in [0.1, 0.15) is 5.75 Å². The summed E-state index contributed by atoms with van der Waals surface area (Å²) in [5.41, 5.74) is 3.03. The fourth-order valence-electron chi connectivity index (χ4n) is 2.83. The molecule has 1 aliphatic carbocycles. The van der Waals surface area contributed by atoms with Gasteiger partial charge in [-0.05, 0) is 55.0 Å². The third-order valence-corrected chi connectivity index (χ3v) is 4.60. The van der Waals surface area contributed by atoms with Gasteiger partial charge in [0.15, 0.2) is 0 Å². The van der Waals surface area contributed by atoms with Crippen molar-refractivity contribution >= 4 is 33.5 Å². The smallest absolute Gasteiger partial charge is 0.254 e. The summed E-state index contributed by atoms with van der Waals surface area (Å²) in [5.74, 6) is 1.03. The van der Waals surface area contributed by atoms with Crippen molar-refractivity contribution in [2.24, 2.45) is 0 Å². The standard InChI is InChI=1S/C17H20BrNO2/c18-7-4-10-21-14-6-5-13-11-16(15(13)12-14)17(20)19-8-2-1-3-9-19/h5-6,11-12H,1-4,7-10H2. The number of halogens is 1. The zero-order valence-corrected chi connectivity index (χ0v) is 13.7. The van der Waals surface area contributed by atoms with Gasteiger partial charge < -0.3 is 9.64 Å². The molecule has 0 N–H and O–H groups in total. The number of ether oxygens (including phenoxy) is 1. The van der Waals surface area contributed by atoms with Crippen molar-refractivity contribution in [3.63, 3.8) is 0 Å². The zero-order valence-electron chi connectivity index (χ0n) is 12.1. The van der Waals surface area contributed by atoms with Crippen LogP contribution in [0.1, 0.15) is 36.8 Å². The molecule has 1 aliphatic heterocycles. The number of amides is 1. The molecule has 1 heterocycles. The Labute approximate surface area is 134 Å². The van der Waals surface area contributed by atoms with E-state index in [4.69, 9.17) is 4.74 Å². The van der Waals surface area contributed by atoms with E-state index >= 15 is 0 Å². The molecule has 1 saturated heterocycles. The normalized spacial score (nSPS) is 16.8. The number of carbonyl (C=O) groups is 1. The van der Waals surface area contributed by atoms with Crippen LogP contribution in [0.15, 0.2) is 18.2 Å². The predicted molar refractivity (Wildman–Crippen MR) is 88.7 cm³/mol. The first-order valence-corrected chi connectivity index (χ1v) is 8.76. The lowest BCUT2D eigenvalue weighted by molar-refractivity contribution is -0.125. The van der Waals surface area contributed by atoms with Crippen LogP contribution in [-0.2, 0) is 4.79 Å². The van der Waals surface area contributed by atoms with Crippen molar-refractivity contribution in [1.82, 2.24) is 4.90 Å². The monoisotopic (exact) mass is 349 g/mol. The van der Waals surface area contributed by atoms with E-state index in [9.17, 15) is 4.79 Å². The van der Waals surface area contributed by atoms with Crippen LogP contribution in [0, 0.1) is 0 Å². The summed E-state index contributed by atoms with van der Waals surface area (Å²) in [6.07, 6.45) is 6.47. The zero-order chi connectivity index (χ0) is 14.7. The quantitative estimate of drug-likeness (QED) is 0.598. The second-order valence-electron chi connectivity index (χ2n) is 5.55. The predicted octanol–water partition coefficient (Wildman–Crippen LogP) is 3.72. The minimum atomic E-state index is 0.180. The first kappa shape index (κ1) is 14.6. The van der Waals surface area contributed by atoms with Crippen molar-refractivity contribution < 1.29 is 9.53 Å². The Bertz CT molecular complexity index is 562. The van der Waals surface area contributed by atoms with Crippen LogP contribution in [-0.4, -0.2) is 35.8 Å². The van der Waals surface area contributed by atoms with E-state index in [0.29, 0.717) is 6.61 Å². The summed E-state index contributed by atoms with van der Waals surface area (Å²) in [7, 11) is 0. The van der Waals surface area contributed by atoms with Gasteiger partial charge in [-0.15, -0.1) is 0 Å². The van der Waals surface area contributed by atoms with Gasteiger partial charge in [-0.1, -0.05) is 22.0 Å². The summed E-state index contributed by atoms with van der Waals surface area (Å²) >= 11 is 3.39. The molecule has 1 fully saturated rings. The van der Waals surface area contributed by atoms with Crippen LogP contribution >= 0.6 is 15.9 Å². The fourth-order valence-corrected chi connectivity index (χ4v) is 3.06. The number of carbonyl (C=O) groups excluding carboxylic acids is 1. The van der Waals surface area contributed by atoms with Crippen LogP contribution < -0.4 is 4.74 Å². The number of rotatable bonds is 5. The molecule has 3 rings (SSSR count). The van der Waals surface area contributed by atoms with Gasteiger partial charge in [0.05, 0.1) is 6.61 Å². The number of benzene rings is 1. The summed E-state index contributed by atoms with van der Waals surface area (Å²) in [6, 6.07) is 6.01. The van der Waals surface area contributed by atoms with Crippen LogP contribution in [0.4, 0.5) is 0 Å². The third kappa shape index (κ3) is 3.15. The molecule has 3 nitrogen and oxygen atoms in total. The number of fused-ring (bicyclic) bond motifs is 1. The summed E-state index contributed by atoms with van der Waals surface area (Å²) in [4.78, 5) is 14.5. The largest absolute Gasteiger partial charge is 0.494 e. The lowest BCUT2D eigenvalue weighted by Gasteiger charge is -2.30. The number of nitrogens with zero attached hydrogens (tertiary/aromatic N) is 1. The van der Waals surface area contributed by atoms with Crippen molar-refractivity contribution in [2.45, 2.75) is 25.7 Å². The van der Waals surface area contributed by atoms with E-state index in [1.165, 1.54) is 6.42 Å². The van der Waals surface area contributed by atoms with Crippen molar-refractivity contribution in [2.75, 3.05) is 25.0 Å². The highest BCUT2D eigenvalue weighted by Crippen LogP contribution is 2.36. The van der Waals surface area contributed by atoms with Crippen molar-refractivity contribution in [1.29, 1.82) is 0 Å². The average molecular weight is 350 g/mol. The van der Waals surface area contributed by atoms with Crippen LogP contribution in [0.25, 0.3) is 11.6 Å². The highest BCUT2D eigenvalue weighted by Gasteiger charge is 2.27. The molecule has 1 amide bonds. The second kappa shape index (κ2) is 6.65. The number of hydrogen-bond acceptors (Lipinski definition) is 2. The Morgan fingerprint density at radius 1 is 1.24 bits per heavy atom. The third-order valence-electron chi connectivity index (χ3n) is 4.04. The van der Waals surface area contributed by atoms with E-state index in [1.807, 2.05) is 29.2 Å². The van der Waals surface area contributed by atoms with E-state index in [2.05, 4.69) is 15.9 Å². The molecule has 21 heavy (non-hydrogen) atoms. The molecule has 112 valence electrons. The van der Waals surface area contributed by atoms with Crippen molar-refractivity contribution in [3.8, 4) is 5.75 Å². The SMILES string of the molecule is O=C(C1=Cc2ccc(OCCCBr)cc21)N1CCCCC1. The van der Waals surface area contributed by atoms with E-state index in [-0.39, 0.29) is 5.91 Å². The number of likely N-dealkylation sites (tertiary alicyclic amines) is 1. The summed E-state index contributed by atoms with van der Waals surface area (Å²) < 4.78 is 5.71. The van der Waals surface area contributed by atoms with Gasteiger partial charge in [0, 0.05) is 24.0 Å². The molecule has 0 saturated carbocycles. The van der Waals surface area contributed by atoms with Crippen LogP contribution in [0.3, 0.4) is 0 Å². The Hall–Kier alpha value is -1.29. The van der Waals surface area contributed by atoms with Crippen LogP contribution in [0.2, 0.25) is 0 Å². The Kier molecular flexibility index (Phi) is 4.63. The highest BCUT2D eigenvalue weighted by molar-refractivity contribution is 9.09. The molecule has 0 radical (unpaired) electrons. The summed E-state index contributed by atoms with van der Waals surface area (Å²) in [5, 5.41) is 0.941. The van der Waals surface area contributed by atoms with E-state index in [0.717, 1.165) is 60.1 Å². The maximum atomic E-state index is 12.5. The van der Waals surface area contributed by atoms with Crippen LogP contribution in [0.5, 0.6) is 5.75 Å². The van der Waals surface area contributed by atoms with Gasteiger partial charge >= 0.3 is 0 Å². The Balaban J connectivity index is 1.67. The number of alkyl halides is 1. The first-order chi connectivity index (χ1) is 10.3. The molecule has 0 spiro atoms. The summed E-state index contributed by atoms with van der Waals surface area (Å²) in [6.45, 7) is 2.49. The molecular formula is C17H20BrNO2. The van der Waals surface area contributed by atoms with Gasteiger partial charge in [0.25, 0.3) is 5.91 Å². The van der Waals surface area contributed by atoms with E-state index < -0.39 is 0 Å². The fraction of sp³-hybridized carbons (Fsp3) is 0.471. The molecule has 2 aliphatic rings. The lowest BCUT2D eigenvalue weighted by Crippen LogP contribution is -2.37. The molecule has 0 atom stereocenters. The van der Waals surface area contributed by atoms with E-state index in [1.54, 1.807) is 0 Å². The molecular weight excluding hydrogens is 330 g/mol. The molecule has 0 aromatic heterocycles. The molecule has 1 aromatic carbocycles. The number of hydrogen-bond donors (Lipinski definition) is 0. The minimum Gasteiger partial charge on any atom is -0.494 e. The maximum absolute atomic E-state index is 12.5. The first-order valence-electron chi connectivity index (χ1n) is 7.64. The molecule has 0 bridgehead atoms. The molecule has 1 aromatic rings. The highest BCUT2D eigenvalue weighted by atomic mass is 79.9. The van der Waals surface area contributed by atoms with Gasteiger partial charge in [0.2, 0.25) is 0 Å². The van der Waals surface area contributed by atoms with Gasteiger partial charge in [-0.25, -0.2) is 0 Å². The Morgan fingerprint density at radius 3 is 2.81 bits per heavy atom. The second-order valence-corrected chi connectivity index (χ2v) is 6.34. The molecule has 4 heteroatoms. The van der Waals surface area contributed by atoms with Gasteiger partial charge in [-0.2, -0.15) is 0 Å². The lowest BCUT2D eigenvalue weighted by atomic mass is 9.87. The van der Waals surface area contributed by atoms with Gasteiger partial charge in [-0.3, -0.25) is 4.79 Å². The average Bonchev–Trinajstić information content (AvgIpc) is 2.51. The minimum absolute atomic E-state index is 0.180. The van der Waals surface area contributed by atoms with Crippen molar-refractivity contribution in [3.05, 3.63) is 29.3 Å². The topological polar surface area (TPSA) is 29.5 Å². The maximum Gasteiger partial charge on any atom is 0.254 e. The Morgan fingerprint density at radius 2 is 2.05 bits per heavy atom. The number of piperidine rings is 1. The molecule has 0 unspecified atom stereocenters.